The molecule has 0 heterocycles. The van der Waals surface area contributed by atoms with Crippen LogP contribution in [0.4, 0.5) is 11.4 Å². The normalized spacial score (nSPS) is 11.5. The predicted octanol–water partition coefficient (Wildman–Crippen LogP) is 1.58. The van der Waals surface area contributed by atoms with Gasteiger partial charge in [0.2, 0.25) is 0 Å². The van der Waals surface area contributed by atoms with Crippen molar-refractivity contribution in [2.75, 3.05) is 19.5 Å². The van der Waals surface area contributed by atoms with E-state index >= 15 is 0 Å². The number of nitro groups is 1. The average molecular weight is 254 g/mol. The van der Waals surface area contributed by atoms with E-state index in [0.717, 1.165) is 0 Å². The summed E-state index contributed by atoms with van der Waals surface area (Å²) in [5.74, 6) is -0.0488. The standard InChI is InChI=1S/C11H14N2O5/c1-7(11(14)18-3)12-9-6-8(17-2)4-5-10(9)13(15)16/h4-7,12H,1-3H3/t7-/m1/s1. The van der Waals surface area contributed by atoms with Crippen LogP contribution in [0.15, 0.2) is 18.2 Å². The van der Waals surface area contributed by atoms with Gasteiger partial charge in [-0.2, -0.15) is 0 Å². The molecule has 0 radical (unpaired) electrons. The second-order valence-electron chi connectivity index (χ2n) is 3.53. The summed E-state index contributed by atoms with van der Waals surface area (Å²) in [6.45, 7) is 1.55. The maximum Gasteiger partial charge on any atom is 0.327 e. The second kappa shape index (κ2) is 5.85. The fourth-order valence-electron chi connectivity index (χ4n) is 1.39. The van der Waals surface area contributed by atoms with Crippen LogP contribution in [0.25, 0.3) is 0 Å². The highest BCUT2D eigenvalue weighted by atomic mass is 16.6. The Kier molecular flexibility index (Phi) is 4.47. The van der Waals surface area contributed by atoms with Crippen LogP contribution in [0.5, 0.6) is 5.75 Å². The summed E-state index contributed by atoms with van der Waals surface area (Å²) in [7, 11) is 2.70. The Labute approximate surface area is 104 Å². The van der Waals surface area contributed by atoms with E-state index in [9.17, 15) is 14.9 Å². The lowest BCUT2D eigenvalue weighted by molar-refractivity contribution is -0.384. The van der Waals surface area contributed by atoms with Gasteiger partial charge in [0.15, 0.2) is 0 Å². The van der Waals surface area contributed by atoms with Crippen molar-refractivity contribution in [1.82, 2.24) is 0 Å². The number of benzene rings is 1. The topological polar surface area (TPSA) is 90.7 Å². The molecule has 0 bridgehead atoms. The van der Waals surface area contributed by atoms with E-state index < -0.39 is 16.9 Å². The molecule has 0 fully saturated rings. The minimum atomic E-state index is -0.694. The Balaban J connectivity index is 3.04. The summed E-state index contributed by atoms with van der Waals surface area (Å²) < 4.78 is 9.52. The first-order chi connectivity index (χ1) is 8.49. The molecule has 0 aliphatic carbocycles. The Bertz CT molecular complexity index is 461. The Morgan fingerprint density at radius 1 is 1.44 bits per heavy atom. The van der Waals surface area contributed by atoms with E-state index in [1.165, 1.54) is 32.4 Å². The predicted molar refractivity (Wildman–Crippen MR) is 64.7 cm³/mol. The minimum absolute atomic E-state index is 0.133. The van der Waals surface area contributed by atoms with Gasteiger partial charge in [-0.3, -0.25) is 10.1 Å². The molecule has 1 rings (SSSR count). The maximum atomic E-state index is 11.3. The first-order valence-electron chi connectivity index (χ1n) is 5.16. The summed E-state index contributed by atoms with van der Waals surface area (Å²) in [5, 5.41) is 13.6. The fraction of sp³-hybridized carbons (Fsp3) is 0.364. The highest BCUT2D eigenvalue weighted by molar-refractivity contribution is 5.80. The van der Waals surface area contributed by atoms with Crippen molar-refractivity contribution >= 4 is 17.3 Å². The van der Waals surface area contributed by atoms with Gasteiger partial charge in [-0.05, 0) is 13.0 Å². The molecule has 1 aromatic carbocycles. The number of rotatable bonds is 5. The van der Waals surface area contributed by atoms with Crippen molar-refractivity contribution in [3.8, 4) is 5.75 Å². The number of ether oxygens (including phenoxy) is 2. The van der Waals surface area contributed by atoms with Crippen LogP contribution in [-0.4, -0.2) is 31.2 Å². The van der Waals surface area contributed by atoms with E-state index in [4.69, 9.17) is 4.74 Å². The summed E-state index contributed by atoms with van der Waals surface area (Å²) in [6, 6.07) is 3.55. The molecule has 0 unspecified atom stereocenters. The first-order valence-corrected chi connectivity index (χ1v) is 5.16. The van der Waals surface area contributed by atoms with Crippen molar-refractivity contribution in [1.29, 1.82) is 0 Å². The monoisotopic (exact) mass is 254 g/mol. The highest BCUT2D eigenvalue weighted by Gasteiger charge is 2.19. The number of nitrogens with one attached hydrogen (secondary N) is 1. The SMILES string of the molecule is COC(=O)[C@@H](C)Nc1cc(OC)ccc1[N+](=O)[O-]. The number of carbonyl (C=O) groups excluding carboxylic acids is 1. The van der Waals surface area contributed by atoms with Crippen LogP contribution in [0.1, 0.15) is 6.92 Å². The highest BCUT2D eigenvalue weighted by Crippen LogP contribution is 2.29. The summed E-state index contributed by atoms with van der Waals surface area (Å²) in [5.41, 5.74) is 0.0730. The van der Waals surface area contributed by atoms with E-state index in [1.807, 2.05) is 0 Å². The first kappa shape index (κ1) is 13.8. The molecule has 7 nitrogen and oxygen atoms in total. The Hall–Kier alpha value is -2.31. The number of nitrogens with zero attached hydrogens (tertiary/aromatic N) is 1. The molecule has 0 amide bonds. The minimum Gasteiger partial charge on any atom is -0.497 e. The molecule has 0 aliphatic rings. The third kappa shape index (κ3) is 3.09. The lowest BCUT2D eigenvalue weighted by Crippen LogP contribution is -2.27. The third-order valence-corrected chi connectivity index (χ3v) is 2.33. The van der Waals surface area contributed by atoms with Gasteiger partial charge in [-0.25, -0.2) is 4.79 Å². The zero-order chi connectivity index (χ0) is 13.7. The van der Waals surface area contributed by atoms with Crippen LogP contribution >= 0.6 is 0 Å². The molecule has 0 aromatic heterocycles. The largest absolute Gasteiger partial charge is 0.497 e. The molecule has 98 valence electrons. The lowest BCUT2D eigenvalue weighted by atomic mass is 10.2. The zero-order valence-electron chi connectivity index (χ0n) is 10.3. The average Bonchev–Trinajstić information content (AvgIpc) is 2.37. The van der Waals surface area contributed by atoms with Gasteiger partial charge in [0.1, 0.15) is 17.5 Å². The van der Waals surface area contributed by atoms with Crippen molar-refractivity contribution in [3.63, 3.8) is 0 Å². The number of hydrogen-bond donors (Lipinski definition) is 1. The van der Waals surface area contributed by atoms with Crippen LogP contribution < -0.4 is 10.1 Å². The summed E-state index contributed by atoms with van der Waals surface area (Å²) >= 11 is 0. The van der Waals surface area contributed by atoms with Gasteiger partial charge in [-0.1, -0.05) is 0 Å². The quantitative estimate of drug-likeness (QED) is 0.487. The smallest absolute Gasteiger partial charge is 0.327 e. The molecule has 0 saturated heterocycles. The van der Waals surface area contributed by atoms with E-state index in [1.54, 1.807) is 6.92 Å². The van der Waals surface area contributed by atoms with Crippen molar-refractivity contribution in [3.05, 3.63) is 28.3 Å². The van der Waals surface area contributed by atoms with Gasteiger partial charge in [0.05, 0.1) is 19.1 Å². The van der Waals surface area contributed by atoms with Crippen molar-refractivity contribution in [2.45, 2.75) is 13.0 Å². The molecule has 0 saturated carbocycles. The molecule has 0 spiro atoms. The van der Waals surface area contributed by atoms with Crippen molar-refractivity contribution < 1.29 is 19.2 Å². The molecule has 7 heteroatoms. The summed E-state index contributed by atoms with van der Waals surface area (Å²) in [6.07, 6.45) is 0. The van der Waals surface area contributed by atoms with Gasteiger partial charge in [-0.15, -0.1) is 0 Å². The van der Waals surface area contributed by atoms with Gasteiger partial charge in [0.25, 0.3) is 5.69 Å². The van der Waals surface area contributed by atoms with E-state index in [0.29, 0.717) is 5.75 Å². The fourth-order valence-corrected chi connectivity index (χ4v) is 1.39. The lowest BCUT2D eigenvalue weighted by Gasteiger charge is -2.13. The molecule has 1 atom stereocenters. The number of carbonyl (C=O) groups is 1. The van der Waals surface area contributed by atoms with Gasteiger partial charge < -0.3 is 14.8 Å². The van der Waals surface area contributed by atoms with E-state index in [-0.39, 0.29) is 11.4 Å². The number of nitro benzene ring substituents is 1. The van der Waals surface area contributed by atoms with Crippen LogP contribution in [0.3, 0.4) is 0 Å². The zero-order valence-corrected chi connectivity index (χ0v) is 10.3. The Morgan fingerprint density at radius 2 is 2.11 bits per heavy atom. The summed E-state index contributed by atoms with van der Waals surface area (Å²) in [4.78, 5) is 21.6. The third-order valence-electron chi connectivity index (χ3n) is 2.33. The van der Waals surface area contributed by atoms with Crippen LogP contribution in [0.2, 0.25) is 0 Å². The maximum absolute atomic E-state index is 11.3. The molecular weight excluding hydrogens is 240 g/mol. The molecule has 0 aliphatic heterocycles. The van der Waals surface area contributed by atoms with E-state index in [2.05, 4.69) is 10.1 Å². The Morgan fingerprint density at radius 3 is 2.61 bits per heavy atom. The van der Waals surface area contributed by atoms with Crippen LogP contribution in [0, 0.1) is 10.1 Å². The molecular formula is C11H14N2O5. The molecule has 1 aromatic rings. The number of methoxy groups -OCH3 is 2. The van der Waals surface area contributed by atoms with Gasteiger partial charge >= 0.3 is 5.97 Å². The number of esters is 1. The molecule has 1 N–H and O–H groups in total. The van der Waals surface area contributed by atoms with Crippen LogP contribution in [-0.2, 0) is 9.53 Å². The number of anilines is 1. The number of hydrogen-bond acceptors (Lipinski definition) is 6. The second-order valence-corrected chi connectivity index (χ2v) is 3.53. The van der Waals surface area contributed by atoms with Gasteiger partial charge in [0, 0.05) is 12.1 Å². The molecule has 18 heavy (non-hydrogen) atoms. The van der Waals surface area contributed by atoms with Crippen molar-refractivity contribution in [2.24, 2.45) is 0 Å².